The lowest BCUT2D eigenvalue weighted by Crippen LogP contribution is -1.88. The van der Waals surface area contributed by atoms with Crippen LogP contribution in [0.5, 0.6) is 0 Å². The van der Waals surface area contributed by atoms with Gasteiger partial charge in [-0.15, -0.1) is 0 Å². The second-order valence-electron chi connectivity index (χ2n) is 3.77. The van der Waals surface area contributed by atoms with E-state index in [1.54, 1.807) is 0 Å². The maximum Gasteiger partial charge on any atom is 0.0843 e. The molecule has 1 aromatic heterocycles. The van der Waals surface area contributed by atoms with E-state index in [0.717, 1.165) is 6.07 Å². The van der Waals surface area contributed by atoms with Crippen molar-refractivity contribution in [2.24, 2.45) is 0 Å². The molecule has 2 aromatic carbocycles. The summed E-state index contributed by atoms with van der Waals surface area (Å²) in [6, 6.07) is -6.36. The fourth-order valence-electron chi connectivity index (χ4n) is 1.56. The summed E-state index contributed by atoms with van der Waals surface area (Å²) in [6.07, 6.45) is -0.888. The Kier molecular flexibility index (Phi) is 1.01. The molecule has 0 bridgehead atoms. The van der Waals surface area contributed by atoms with Gasteiger partial charge in [0, 0.05) is 20.0 Å². The number of benzene rings is 2. The molecule has 0 radical (unpaired) electrons. The molecule has 0 amide bonds. The Bertz CT molecular complexity index is 1370. The molecule has 1 heteroatoms. The number of pyridine rings is 1. The van der Waals surface area contributed by atoms with Crippen molar-refractivity contribution in [3.05, 3.63) is 77.7 Å². The first-order valence-corrected chi connectivity index (χ1v) is 5.52. The van der Waals surface area contributed by atoms with E-state index in [1.807, 2.05) is 0 Å². The van der Waals surface area contributed by atoms with Crippen molar-refractivity contribution in [1.29, 1.82) is 0 Å². The second-order valence-corrected chi connectivity index (χ2v) is 3.77. The van der Waals surface area contributed by atoms with E-state index in [9.17, 15) is 0 Å². The van der Waals surface area contributed by atoms with Crippen LogP contribution in [0.2, 0.25) is 0 Å². The normalized spacial score (nSPS) is 23.2. The van der Waals surface area contributed by atoms with Crippen LogP contribution in [-0.4, -0.2) is 4.98 Å². The zero-order chi connectivity index (χ0) is 27.7. The molecule has 0 aliphatic heterocycles. The minimum absolute atomic E-state index is 0.445. The van der Waals surface area contributed by atoms with E-state index < -0.39 is 108 Å². The third-order valence-electron chi connectivity index (χ3n) is 2.46. The molecular formula is C19H17N. The molecule has 0 saturated heterocycles. The highest BCUT2D eigenvalue weighted by atomic mass is 14.7. The molecular weight excluding hydrogens is 242 g/mol. The molecule has 0 fully saturated rings. The lowest BCUT2D eigenvalue weighted by Gasteiger charge is -2.09. The zero-order valence-electron chi connectivity index (χ0n) is 26.0. The molecule has 0 unspecified atom stereocenters. The van der Waals surface area contributed by atoms with Gasteiger partial charge in [-0.05, 0) is 48.0 Å². The number of hydrogen-bond donors (Lipinski definition) is 0. The molecule has 98 valence electrons. The van der Waals surface area contributed by atoms with Gasteiger partial charge in [-0.25, -0.2) is 0 Å². The van der Waals surface area contributed by atoms with E-state index in [4.69, 9.17) is 21.9 Å². The van der Waals surface area contributed by atoms with Crippen molar-refractivity contribution in [3.63, 3.8) is 0 Å². The van der Waals surface area contributed by atoms with Crippen molar-refractivity contribution < 1.29 is 21.9 Å². The third kappa shape index (κ3) is 2.48. The van der Waals surface area contributed by atoms with Crippen LogP contribution < -0.4 is 0 Å². The number of rotatable bonds is 2. The summed E-state index contributed by atoms with van der Waals surface area (Å²) in [5.74, 6) is 0. The summed E-state index contributed by atoms with van der Waals surface area (Å²) in [6.45, 7) is -6.00. The van der Waals surface area contributed by atoms with Crippen LogP contribution in [0.25, 0.3) is 22.4 Å². The Labute approximate surface area is 142 Å². The molecule has 0 atom stereocenters. The van der Waals surface area contributed by atoms with Gasteiger partial charge < -0.3 is 0 Å². The highest BCUT2D eigenvalue weighted by molar-refractivity contribution is 5.74. The Morgan fingerprint density at radius 1 is 0.950 bits per heavy atom. The maximum atomic E-state index is 8.71. The van der Waals surface area contributed by atoms with Gasteiger partial charge in [0.25, 0.3) is 0 Å². The molecule has 0 spiro atoms. The maximum absolute atomic E-state index is 8.71. The van der Waals surface area contributed by atoms with Crippen LogP contribution in [0.15, 0.2) is 66.6 Å². The minimum atomic E-state index is -3.06. The lowest BCUT2D eigenvalue weighted by molar-refractivity contribution is 1.27. The van der Waals surface area contributed by atoms with Crippen molar-refractivity contribution in [2.75, 3.05) is 0 Å². The average Bonchev–Trinajstić information content (AvgIpc) is 2.73. The standard InChI is InChI=1S/C19H17N/c1-14-8-11-19(20-13-14)17-10-9-15(2)18(12-17)16-6-4-3-5-7-16/h3-13H,1-2H3/i1D3,2D3,3D,4D,5D,6D,7D,8D,9D,11D,12D,13D. The summed E-state index contributed by atoms with van der Waals surface area (Å²) in [4.78, 5) is 3.75. The van der Waals surface area contributed by atoms with Crippen molar-refractivity contribution in [1.82, 2.24) is 4.98 Å². The average molecular weight is 275 g/mol. The van der Waals surface area contributed by atoms with Gasteiger partial charge >= 0.3 is 0 Å². The Hall–Kier alpha value is -2.41. The number of nitrogens with zero attached hydrogens (tertiary/aromatic N) is 1. The topological polar surface area (TPSA) is 12.9 Å². The second kappa shape index (κ2) is 5.30. The molecule has 20 heavy (non-hydrogen) atoms. The molecule has 0 N–H and O–H groups in total. The van der Waals surface area contributed by atoms with E-state index in [0.29, 0.717) is 0 Å². The monoisotopic (exact) mass is 275 g/mol. The molecule has 0 aliphatic carbocycles. The van der Waals surface area contributed by atoms with E-state index in [1.165, 1.54) is 0 Å². The van der Waals surface area contributed by atoms with E-state index >= 15 is 0 Å². The molecule has 1 nitrogen and oxygen atoms in total. The third-order valence-corrected chi connectivity index (χ3v) is 2.46. The molecule has 0 saturated carbocycles. The SMILES string of the molecule is [2H]c1cc(-c2nc([2H])c(C([2H])([2H])[2H])c([2H])c2[2H])c([2H])c(-c2c([2H])c([2H])c([2H])c([2H])c2[2H])c1C([2H])([2H])[2H]. The van der Waals surface area contributed by atoms with Crippen LogP contribution >= 0.6 is 0 Å². The summed E-state index contributed by atoms with van der Waals surface area (Å²) >= 11 is 0. The van der Waals surface area contributed by atoms with Gasteiger partial charge in [-0.3, -0.25) is 4.98 Å². The smallest absolute Gasteiger partial charge is 0.0843 e. The first-order chi connectivity index (χ1) is 16.3. The predicted molar refractivity (Wildman–Crippen MR) is 84.6 cm³/mol. The molecule has 1 heterocycles. The van der Waals surface area contributed by atoms with Gasteiger partial charge in [0.15, 0.2) is 0 Å². The van der Waals surface area contributed by atoms with Gasteiger partial charge in [0.2, 0.25) is 0 Å². The molecule has 0 aliphatic rings. The molecule has 3 aromatic rings. The zero-order valence-corrected chi connectivity index (χ0v) is 10.0. The summed E-state index contributed by atoms with van der Waals surface area (Å²) in [7, 11) is 0. The minimum Gasteiger partial charge on any atom is -0.256 e. The van der Waals surface area contributed by atoms with Crippen molar-refractivity contribution >= 4 is 0 Å². The quantitative estimate of drug-likeness (QED) is 0.639. The predicted octanol–water partition coefficient (Wildman–Crippen LogP) is 5.03. The van der Waals surface area contributed by atoms with Crippen molar-refractivity contribution in [2.45, 2.75) is 13.7 Å². The lowest BCUT2D eigenvalue weighted by atomic mass is 9.97. The highest BCUT2D eigenvalue weighted by Gasteiger charge is 2.05. The van der Waals surface area contributed by atoms with Gasteiger partial charge in [0.05, 0.1) is 19.4 Å². The van der Waals surface area contributed by atoms with E-state index in [-0.39, 0.29) is 0 Å². The van der Waals surface area contributed by atoms with E-state index in [2.05, 4.69) is 4.98 Å². The largest absolute Gasteiger partial charge is 0.256 e. The Morgan fingerprint density at radius 3 is 2.65 bits per heavy atom. The van der Waals surface area contributed by atoms with Crippen LogP contribution in [0, 0.1) is 13.7 Å². The van der Waals surface area contributed by atoms with Crippen LogP contribution in [0.4, 0.5) is 0 Å². The first-order valence-electron chi connectivity index (χ1n) is 13.5. The van der Waals surface area contributed by atoms with Gasteiger partial charge in [0.1, 0.15) is 0 Å². The van der Waals surface area contributed by atoms with Gasteiger partial charge in [-0.2, -0.15) is 0 Å². The van der Waals surface area contributed by atoms with Gasteiger partial charge in [-0.1, -0.05) is 48.4 Å². The number of aromatic nitrogens is 1. The first kappa shape index (κ1) is 3.82. The van der Waals surface area contributed by atoms with Crippen LogP contribution in [0.3, 0.4) is 0 Å². The fraction of sp³-hybridized carbons (Fsp3) is 0.105. The summed E-state index contributed by atoms with van der Waals surface area (Å²) < 4.78 is 128. The number of hydrogen-bond acceptors (Lipinski definition) is 1. The Balaban J connectivity index is 2.56. The summed E-state index contributed by atoms with van der Waals surface area (Å²) in [5.41, 5.74) is -3.94. The highest BCUT2D eigenvalue weighted by Crippen LogP contribution is 2.28. The van der Waals surface area contributed by atoms with Crippen LogP contribution in [0.1, 0.15) is 33.1 Å². The molecule has 3 rings (SSSR count). The van der Waals surface area contributed by atoms with Crippen molar-refractivity contribution in [3.8, 4) is 22.4 Å². The van der Waals surface area contributed by atoms with Crippen LogP contribution in [-0.2, 0) is 0 Å². The summed E-state index contributed by atoms with van der Waals surface area (Å²) in [5, 5.41) is 0. The fourth-order valence-corrected chi connectivity index (χ4v) is 1.56. The Morgan fingerprint density at radius 2 is 1.85 bits per heavy atom.